The van der Waals surface area contributed by atoms with E-state index in [0.29, 0.717) is 16.5 Å². The van der Waals surface area contributed by atoms with E-state index in [1.165, 1.54) is 38.8 Å². The number of hydrogen-bond donors (Lipinski definition) is 1. The van der Waals surface area contributed by atoms with Crippen LogP contribution >= 0.6 is 11.3 Å². The molecule has 4 nitrogen and oxygen atoms in total. The first-order chi connectivity index (χ1) is 11.9. The van der Waals surface area contributed by atoms with Crippen LogP contribution in [0.3, 0.4) is 0 Å². The molecule has 132 valence electrons. The zero-order valence-electron chi connectivity index (χ0n) is 14.1. The van der Waals surface area contributed by atoms with Crippen LogP contribution in [0.2, 0.25) is 0 Å². The predicted molar refractivity (Wildman–Crippen MR) is 97.4 cm³/mol. The van der Waals surface area contributed by atoms with Gasteiger partial charge in [0.15, 0.2) is 0 Å². The lowest BCUT2D eigenvalue weighted by atomic mass is 9.90. The second-order valence-electron chi connectivity index (χ2n) is 6.56. The van der Waals surface area contributed by atoms with E-state index in [9.17, 15) is 14.0 Å². The van der Waals surface area contributed by atoms with E-state index in [-0.39, 0.29) is 24.7 Å². The highest BCUT2D eigenvalue weighted by atomic mass is 32.1. The van der Waals surface area contributed by atoms with Gasteiger partial charge in [-0.25, -0.2) is 4.39 Å². The van der Waals surface area contributed by atoms with Crippen molar-refractivity contribution in [2.45, 2.75) is 32.6 Å². The third-order valence-corrected chi connectivity index (χ3v) is 5.73. The van der Waals surface area contributed by atoms with E-state index in [2.05, 4.69) is 6.92 Å². The highest BCUT2D eigenvalue weighted by Gasteiger charge is 2.24. The van der Waals surface area contributed by atoms with E-state index >= 15 is 0 Å². The van der Waals surface area contributed by atoms with Crippen LogP contribution < -0.4 is 10.6 Å². The smallest absolute Gasteiger partial charge is 0.268 e. The first-order valence-corrected chi connectivity index (χ1v) is 9.23. The topological polar surface area (TPSA) is 63.4 Å². The number of nitrogens with zero attached hydrogens (tertiary/aromatic N) is 1. The third kappa shape index (κ3) is 4.07. The second-order valence-corrected chi connectivity index (χ2v) is 7.69. The summed E-state index contributed by atoms with van der Waals surface area (Å²) >= 11 is 1.52. The lowest BCUT2D eigenvalue weighted by molar-refractivity contribution is -0.117. The van der Waals surface area contributed by atoms with Gasteiger partial charge in [-0.1, -0.05) is 6.92 Å². The Bertz CT molecular complexity index is 785. The number of primary amides is 1. The van der Waals surface area contributed by atoms with E-state index in [1.807, 2.05) is 6.07 Å². The number of amides is 2. The molecule has 1 aliphatic rings. The van der Waals surface area contributed by atoms with Crippen molar-refractivity contribution in [1.29, 1.82) is 0 Å². The monoisotopic (exact) mass is 360 g/mol. The molecule has 0 saturated heterocycles. The molecule has 1 unspecified atom stereocenters. The molecule has 0 radical (unpaired) electrons. The summed E-state index contributed by atoms with van der Waals surface area (Å²) in [5.74, 6) is -0.376. The van der Waals surface area contributed by atoms with Gasteiger partial charge in [0.25, 0.3) is 5.91 Å². The minimum absolute atomic E-state index is 0.0608. The first kappa shape index (κ1) is 17.6. The molecule has 25 heavy (non-hydrogen) atoms. The number of fused-ring (bicyclic) bond motifs is 1. The van der Waals surface area contributed by atoms with Crippen LogP contribution in [-0.2, 0) is 17.6 Å². The minimum Gasteiger partial charge on any atom is -0.370 e. The van der Waals surface area contributed by atoms with Crippen LogP contribution in [0.4, 0.5) is 10.1 Å². The lowest BCUT2D eigenvalue weighted by Gasteiger charge is -2.21. The Kier molecular flexibility index (Phi) is 5.18. The third-order valence-electron chi connectivity index (χ3n) is 4.51. The molecule has 0 bridgehead atoms. The minimum atomic E-state index is -0.473. The fraction of sp³-hybridized carbons (Fsp3) is 0.368. The fourth-order valence-corrected chi connectivity index (χ4v) is 4.29. The van der Waals surface area contributed by atoms with Crippen molar-refractivity contribution < 1.29 is 14.0 Å². The van der Waals surface area contributed by atoms with Crippen LogP contribution in [0, 0.1) is 11.7 Å². The maximum atomic E-state index is 13.2. The standard InChI is InChI=1S/C19H21FN2O2S/c1-12-2-7-16-13(10-12)11-17(25-16)19(24)22(9-8-18(21)23)15-5-3-14(20)4-6-15/h3-6,11-12H,2,7-10H2,1H3,(H2,21,23). The maximum absolute atomic E-state index is 13.2. The summed E-state index contributed by atoms with van der Waals surface area (Å²) in [6, 6.07) is 7.68. The number of rotatable bonds is 5. The van der Waals surface area contributed by atoms with Crippen LogP contribution in [0.5, 0.6) is 0 Å². The molecule has 0 fully saturated rings. The van der Waals surface area contributed by atoms with Crippen LogP contribution in [0.1, 0.15) is 39.9 Å². The van der Waals surface area contributed by atoms with Crippen molar-refractivity contribution in [2.75, 3.05) is 11.4 Å². The Hall–Kier alpha value is -2.21. The Labute approximate surface area is 150 Å². The summed E-state index contributed by atoms with van der Waals surface area (Å²) in [5.41, 5.74) is 7.06. The molecule has 0 saturated carbocycles. The number of thiophene rings is 1. The summed E-state index contributed by atoms with van der Waals surface area (Å²) < 4.78 is 13.2. The van der Waals surface area contributed by atoms with Crippen LogP contribution in [-0.4, -0.2) is 18.4 Å². The molecule has 0 spiro atoms. The highest BCUT2D eigenvalue weighted by Crippen LogP contribution is 2.33. The summed E-state index contributed by atoms with van der Waals surface area (Å²) in [6.07, 6.45) is 3.21. The van der Waals surface area contributed by atoms with Crippen LogP contribution in [0.15, 0.2) is 30.3 Å². The van der Waals surface area contributed by atoms with Gasteiger partial charge in [0, 0.05) is 23.5 Å². The summed E-state index contributed by atoms with van der Waals surface area (Å²) in [6.45, 7) is 2.40. The Morgan fingerprint density at radius 3 is 2.72 bits per heavy atom. The van der Waals surface area contributed by atoms with Crippen molar-refractivity contribution in [3.8, 4) is 0 Å². The van der Waals surface area contributed by atoms with Crippen molar-refractivity contribution in [1.82, 2.24) is 0 Å². The molecule has 2 aromatic rings. The number of hydrogen-bond acceptors (Lipinski definition) is 3. The Morgan fingerprint density at radius 2 is 2.04 bits per heavy atom. The zero-order chi connectivity index (χ0) is 18.0. The normalized spacial score (nSPS) is 16.3. The van der Waals surface area contributed by atoms with Gasteiger partial charge in [-0.05, 0) is 61.1 Å². The van der Waals surface area contributed by atoms with Crippen molar-refractivity contribution in [3.05, 3.63) is 51.5 Å². The van der Waals surface area contributed by atoms with Gasteiger partial charge in [0.1, 0.15) is 5.82 Å². The summed E-state index contributed by atoms with van der Waals surface area (Å²) in [5, 5.41) is 0. The lowest BCUT2D eigenvalue weighted by Crippen LogP contribution is -2.33. The molecule has 1 aromatic carbocycles. The molecule has 6 heteroatoms. The molecule has 1 heterocycles. The van der Waals surface area contributed by atoms with Crippen molar-refractivity contribution in [3.63, 3.8) is 0 Å². The van der Waals surface area contributed by atoms with Gasteiger partial charge in [0.2, 0.25) is 5.91 Å². The van der Waals surface area contributed by atoms with Crippen LogP contribution in [0.25, 0.3) is 0 Å². The average Bonchev–Trinajstić information content (AvgIpc) is 2.99. The molecule has 3 rings (SSSR count). The van der Waals surface area contributed by atoms with E-state index in [1.54, 1.807) is 12.1 Å². The van der Waals surface area contributed by atoms with E-state index in [4.69, 9.17) is 5.73 Å². The Morgan fingerprint density at radius 1 is 1.32 bits per heavy atom. The molecular formula is C19H21FN2O2S. The predicted octanol–water partition coefficient (Wildman–Crippen LogP) is 3.53. The van der Waals surface area contributed by atoms with Crippen molar-refractivity contribution in [2.24, 2.45) is 11.7 Å². The number of nitrogens with two attached hydrogens (primary N) is 1. The highest BCUT2D eigenvalue weighted by molar-refractivity contribution is 7.14. The average molecular weight is 360 g/mol. The second kappa shape index (κ2) is 7.35. The summed E-state index contributed by atoms with van der Waals surface area (Å²) in [4.78, 5) is 27.6. The SMILES string of the molecule is CC1CCc2sc(C(=O)N(CCC(N)=O)c3ccc(F)cc3)cc2C1. The van der Waals surface area contributed by atoms with Gasteiger partial charge in [0.05, 0.1) is 4.88 Å². The molecular weight excluding hydrogens is 339 g/mol. The van der Waals surface area contributed by atoms with Gasteiger partial charge in [-0.3, -0.25) is 9.59 Å². The number of anilines is 1. The van der Waals surface area contributed by atoms with E-state index < -0.39 is 5.91 Å². The number of aryl methyl sites for hydroxylation is 1. The van der Waals surface area contributed by atoms with Gasteiger partial charge in [-0.2, -0.15) is 0 Å². The molecule has 1 aromatic heterocycles. The molecule has 2 amide bonds. The molecule has 2 N–H and O–H groups in total. The zero-order valence-corrected chi connectivity index (χ0v) is 14.9. The number of halogens is 1. The summed E-state index contributed by atoms with van der Waals surface area (Å²) in [7, 11) is 0. The quantitative estimate of drug-likeness (QED) is 0.886. The number of carbonyl (C=O) groups excluding carboxylic acids is 2. The molecule has 0 aliphatic heterocycles. The molecule has 1 aliphatic carbocycles. The van der Waals surface area contributed by atoms with Crippen molar-refractivity contribution >= 4 is 28.8 Å². The number of carbonyl (C=O) groups is 2. The van der Waals surface area contributed by atoms with Gasteiger partial charge in [-0.15, -0.1) is 11.3 Å². The Balaban J connectivity index is 1.88. The fourth-order valence-electron chi connectivity index (χ4n) is 3.14. The molecule has 1 atom stereocenters. The maximum Gasteiger partial charge on any atom is 0.268 e. The number of benzene rings is 1. The first-order valence-electron chi connectivity index (χ1n) is 8.41. The van der Waals surface area contributed by atoms with Gasteiger partial charge < -0.3 is 10.6 Å². The van der Waals surface area contributed by atoms with Gasteiger partial charge >= 0.3 is 0 Å². The van der Waals surface area contributed by atoms with E-state index in [0.717, 1.165) is 19.3 Å². The largest absolute Gasteiger partial charge is 0.370 e.